The number of carboxylic acids is 1. The number of piperidine rings is 1. The zero-order valence-electron chi connectivity index (χ0n) is 20.4. The number of nitrogens with one attached hydrogen (secondary N) is 2. The van der Waals surface area contributed by atoms with Crippen molar-refractivity contribution in [2.75, 3.05) is 12.8 Å². The number of aliphatic hydroxyl groups excluding tert-OH is 2. The van der Waals surface area contributed by atoms with Crippen LogP contribution in [0, 0.1) is 11.8 Å². The number of carbonyl (C=O) groups excluding carboxylic acids is 2. The van der Waals surface area contributed by atoms with Gasteiger partial charge in [-0.2, -0.15) is 0 Å². The molecule has 34 heavy (non-hydrogen) atoms. The van der Waals surface area contributed by atoms with Gasteiger partial charge in [0.2, 0.25) is 5.91 Å². The second-order valence-electron chi connectivity index (χ2n) is 9.50. The topological polar surface area (TPSA) is 154 Å². The normalized spacial score (nSPS) is 32.7. The third-order valence-electron chi connectivity index (χ3n) is 6.53. The van der Waals surface area contributed by atoms with Crippen molar-refractivity contribution >= 4 is 29.6 Å². The van der Waals surface area contributed by atoms with Crippen molar-refractivity contribution in [2.24, 2.45) is 11.8 Å². The first-order valence-electron chi connectivity index (χ1n) is 12.1. The Bertz CT molecular complexity index is 690. The Morgan fingerprint density at radius 3 is 2.50 bits per heavy atom. The molecule has 2 saturated heterocycles. The number of carboxylic acid groups (broad SMARTS) is 1. The van der Waals surface area contributed by atoms with Crippen LogP contribution >= 0.6 is 11.8 Å². The van der Waals surface area contributed by atoms with E-state index in [1.54, 1.807) is 6.26 Å². The molecule has 5 N–H and O–H groups in total. The Morgan fingerprint density at radius 2 is 1.91 bits per heavy atom. The number of hydrogen-bond donors (Lipinski definition) is 5. The van der Waals surface area contributed by atoms with Gasteiger partial charge >= 0.3 is 11.9 Å². The minimum absolute atomic E-state index is 0.108. The molecule has 0 spiro atoms. The van der Waals surface area contributed by atoms with Crippen molar-refractivity contribution in [2.45, 2.75) is 101 Å². The number of esters is 1. The van der Waals surface area contributed by atoms with E-state index in [-0.39, 0.29) is 24.3 Å². The van der Waals surface area contributed by atoms with E-state index >= 15 is 0 Å². The zero-order chi connectivity index (χ0) is 25.4. The van der Waals surface area contributed by atoms with Crippen LogP contribution in [0.25, 0.3) is 0 Å². The molecule has 2 heterocycles. The van der Waals surface area contributed by atoms with Crippen LogP contribution in [0.15, 0.2) is 0 Å². The zero-order valence-corrected chi connectivity index (χ0v) is 21.3. The third-order valence-corrected chi connectivity index (χ3v) is 7.38. The van der Waals surface area contributed by atoms with Crippen molar-refractivity contribution in [3.63, 3.8) is 0 Å². The lowest BCUT2D eigenvalue weighted by atomic mass is 9.86. The molecule has 0 bridgehead atoms. The summed E-state index contributed by atoms with van der Waals surface area (Å²) in [7, 11) is 0. The van der Waals surface area contributed by atoms with Gasteiger partial charge in [0.05, 0.1) is 24.9 Å². The minimum atomic E-state index is -1.45. The predicted octanol–water partition coefficient (Wildman–Crippen LogP) is 0.882. The summed E-state index contributed by atoms with van der Waals surface area (Å²) in [5, 5.41) is 36.7. The molecule has 0 aromatic carbocycles. The summed E-state index contributed by atoms with van der Waals surface area (Å²) < 4.78 is 11.3. The van der Waals surface area contributed by atoms with Crippen LogP contribution < -0.4 is 10.6 Å². The highest BCUT2D eigenvalue weighted by molar-refractivity contribution is 7.99. The fraction of sp³-hybridized carbons (Fsp3) is 0.870. The predicted molar refractivity (Wildman–Crippen MR) is 127 cm³/mol. The molecule has 1 amide bonds. The van der Waals surface area contributed by atoms with Crippen molar-refractivity contribution in [1.82, 2.24) is 10.6 Å². The quantitative estimate of drug-likeness (QED) is 0.256. The first-order valence-corrected chi connectivity index (χ1v) is 13.4. The Morgan fingerprint density at radius 1 is 1.21 bits per heavy atom. The van der Waals surface area contributed by atoms with E-state index in [4.69, 9.17) is 14.6 Å². The fourth-order valence-electron chi connectivity index (χ4n) is 4.65. The molecule has 0 aromatic heterocycles. The molecular weight excluding hydrogens is 464 g/mol. The van der Waals surface area contributed by atoms with E-state index in [0.29, 0.717) is 5.92 Å². The standard InChI is InChI=1S/C23H40N2O8S/c1-5-6-13-9-10-24-14(11-13)22(31)25-17(12(2)3)20-18(29)19(30)21(23(33-20)34-4)32-16(28)8-7-15(26)27/h12-14,17-21,23-24,29-30H,5-11H2,1-4H3,(H,25,31)(H,26,27)/t13?,14?,17?,18-,19+,20-,21?,23-/m1/s1. The Labute approximate surface area is 205 Å². The molecule has 10 nitrogen and oxygen atoms in total. The Balaban J connectivity index is 2.08. The Hall–Kier alpha value is -1.40. The monoisotopic (exact) mass is 504 g/mol. The smallest absolute Gasteiger partial charge is 0.306 e. The first-order chi connectivity index (χ1) is 16.1. The number of aliphatic hydroxyl groups is 2. The maximum atomic E-state index is 13.1. The number of rotatable bonds is 11. The summed E-state index contributed by atoms with van der Waals surface area (Å²) in [4.78, 5) is 35.8. The van der Waals surface area contributed by atoms with Crippen molar-refractivity contribution in [3.8, 4) is 0 Å². The van der Waals surface area contributed by atoms with Crippen LogP contribution in [-0.4, -0.2) is 87.9 Å². The molecule has 2 rings (SSSR count). The maximum absolute atomic E-state index is 13.1. The van der Waals surface area contributed by atoms with Gasteiger partial charge in [-0.05, 0) is 37.5 Å². The van der Waals surface area contributed by atoms with Gasteiger partial charge in [-0.25, -0.2) is 0 Å². The van der Waals surface area contributed by atoms with Crippen LogP contribution in [0.3, 0.4) is 0 Å². The van der Waals surface area contributed by atoms with E-state index in [9.17, 15) is 24.6 Å². The lowest BCUT2D eigenvalue weighted by Gasteiger charge is -2.45. The SMILES string of the molecule is CCCC1CCNC(C(=O)NC(C(C)C)[C@H]2O[C@H](SC)C(OC(=O)CCC(=O)O)[C@@H](O)[C@H]2O)C1. The largest absolute Gasteiger partial charge is 0.481 e. The van der Waals surface area contributed by atoms with E-state index < -0.39 is 54.3 Å². The van der Waals surface area contributed by atoms with E-state index in [1.807, 2.05) is 13.8 Å². The Kier molecular flexibility index (Phi) is 11.6. The fourth-order valence-corrected chi connectivity index (χ4v) is 5.38. The lowest BCUT2D eigenvalue weighted by molar-refractivity contribution is -0.221. The molecule has 2 aliphatic rings. The molecule has 196 valence electrons. The highest BCUT2D eigenvalue weighted by Crippen LogP contribution is 2.32. The van der Waals surface area contributed by atoms with Gasteiger partial charge in [0.1, 0.15) is 23.7 Å². The van der Waals surface area contributed by atoms with Crippen LogP contribution in [0.5, 0.6) is 0 Å². The van der Waals surface area contributed by atoms with Crippen molar-refractivity contribution in [3.05, 3.63) is 0 Å². The lowest BCUT2D eigenvalue weighted by Crippen LogP contribution is -2.65. The molecule has 8 atom stereocenters. The van der Waals surface area contributed by atoms with E-state index in [1.165, 1.54) is 11.8 Å². The molecule has 11 heteroatoms. The summed E-state index contributed by atoms with van der Waals surface area (Å²) in [6.07, 6.45) is -0.0276. The molecule has 4 unspecified atom stereocenters. The van der Waals surface area contributed by atoms with Gasteiger partial charge < -0.3 is 35.4 Å². The van der Waals surface area contributed by atoms with Crippen LogP contribution in [0.2, 0.25) is 0 Å². The summed E-state index contributed by atoms with van der Waals surface area (Å²) in [5.41, 5.74) is -0.794. The summed E-state index contributed by atoms with van der Waals surface area (Å²) in [5.74, 6) is -1.70. The van der Waals surface area contributed by atoms with Gasteiger partial charge in [0.15, 0.2) is 6.10 Å². The molecule has 2 fully saturated rings. The number of ether oxygens (including phenoxy) is 2. The number of amides is 1. The van der Waals surface area contributed by atoms with Gasteiger partial charge in [-0.15, -0.1) is 11.8 Å². The molecular formula is C23H40N2O8S. The number of aliphatic carboxylic acids is 1. The number of hydrogen-bond acceptors (Lipinski definition) is 9. The molecule has 2 aliphatic heterocycles. The third kappa shape index (κ3) is 7.81. The second kappa shape index (κ2) is 13.6. The number of carbonyl (C=O) groups is 3. The average Bonchev–Trinajstić information content (AvgIpc) is 2.79. The second-order valence-corrected chi connectivity index (χ2v) is 10.4. The molecule has 0 radical (unpaired) electrons. The molecule has 0 saturated carbocycles. The summed E-state index contributed by atoms with van der Waals surface area (Å²) in [6, 6.07) is -0.902. The summed E-state index contributed by atoms with van der Waals surface area (Å²) in [6.45, 7) is 6.71. The average molecular weight is 505 g/mol. The van der Waals surface area contributed by atoms with E-state index in [2.05, 4.69) is 17.6 Å². The van der Waals surface area contributed by atoms with Crippen LogP contribution in [-0.2, 0) is 23.9 Å². The van der Waals surface area contributed by atoms with Gasteiger partial charge in [0.25, 0.3) is 0 Å². The minimum Gasteiger partial charge on any atom is -0.481 e. The van der Waals surface area contributed by atoms with Gasteiger partial charge in [-0.3, -0.25) is 14.4 Å². The van der Waals surface area contributed by atoms with Crippen LogP contribution in [0.4, 0.5) is 0 Å². The highest BCUT2D eigenvalue weighted by atomic mass is 32.2. The highest BCUT2D eigenvalue weighted by Gasteiger charge is 2.50. The summed E-state index contributed by atoms with van der Waals surface area (Å²) >= 11 is 1.20. The van der Waals surface area contributed by atoms with Crippen molar-refractivity contribution < 1.29 is 39.2 Å². The maximum Gasteiger partial charge on any atom is 0.306 e. The van der Waals surface area contributed by atoms with Gasteiger partial charge in [-0.1, -0.05) is 33.6 Å². The number of thioether (sulfide) groups is 1. The van der Waals surface area contributed by atoms with Gasteiger partial charge in [0, 0.05) is 0 Å². The van der Waals surface area contributed by atoms with Crippen LogP contribution in [0.1, 0.15) is 59.3 Å². The first kappa shape index (κ1) is 28.8. The van der Waals surface area contributed by atoms with Crippen molar-refractivity contribution in [1.29, 1.82) is 0 Å². The molecule has 0 aromatic rings. The molecule has 0 aliphatic carbocycles. The van der Waals surface area contributed by atoms with E-state index in [0.717, 1.165) is 32.2 Å².